The number of benzene rings is 2. The summed E-state index contributed by atoms with van der Waals surface area (Å²) in [5, 5.41) is 0.541. The Kier molecular flexibility index (Phi) is 6.31. The van der Waals surface area contributed by atoms with Crippen LogP contribution in [0.2, 0.25) is 5.02 Å². The maximum absolute atomic E-state index is 13.5. The molecule has 168 valence electrons. The molecule has 1 atom stereocenters. The van der Waals surface area contributed by atoms with Crippen molar-refractivity contribution in [1.82, 2.24) is 4.57 Å². The third-order valence-electron chi connectivity index (χ3n) is 5.03. The van der Waals surface area contributed by atoms with Gasteiger partial charge in [-0.1, -0.05) is 47.2 Å². The fourth-order valence-corrected chi connectivity index (χ4v) is 4.81. The van der Waals surface area contributed by atoms with Crippen LogP contribution in [0.1, 0.15) is 31.0 Å². The summed E-state index contributed by atoms with van der Waals surface area (Å²) in [5.74, 6) is -0.605. The van der Waals surface area contributed by atoms with E-state index in [2.05, 4.69) is 4.99 Å². The number of carbonyl (C=O) groups is 2. The quantitative estimate of drug-likeness (QED) is 0.421. The Labute approximate surface area is 197 Å². The molecule has 4 rings (SSSR count). The van der Waals surface area contributed by atoms with Gasteiger partial charge in [0.25, 0.3) is 5.56 Å². The number of allylic oxidation sites excluding steroid dienone is 1. The van der Waals surface area contributed by atoms with Crippen LogP contribution in [-0.2, 0) is 14.3 Å². The predicted octanol–water partition coefficient (Wildman–Crippen LogP) is 2.99. The summed E-state index contributed by atoms with van der Waals surface area (Å²) in [6.07, 6.45) is 1.70. The Bertz CT molecular complexity index is 1470. The summed E-state index contributed by atoms with van der Waals surface area (Å²) in [5.41, 5.74) is 1.86. The van der Waals surface area contributed by atoms with Crippen molar-refractivity contribution in [2.45, 2.75) is 19.9 Å². The Morgan fingerprint density at radius 3 is 2.58 bits per heavy atom. The Morgan fingerprint density at radius 1 is 1.18 bits per heavy atom. The Balaban J connectivity index is 1.91. The highest BCUT2D eigenvalue weighted by Crippen LogP contribution is 2.31. The van der Waals surface area contributed by atoms with Crippen LogP contribution in [0, 0.1) is 0 Å². The topological polar surface area (TPSA) is 87.0 Å². The minimum Gasteiger partial charge on any atom is -0.466 e. The van der Waals surface area contributed by atoms with Crippen molar-refractivity contribution < 1.29 is 19.1 Å². The number of carbonyl (C=O) groups excluding carboxylic acids is 2. The second kappa shape index (κ2) is 9.17. The molecule has 1 aromatic heterocycles. The van der Waals surface area contributed by atoms with E-state index in [1.807, 2.05) is 0 Å². The van der Waals surface area contributed by atoms with Crippen LogP contribution >= 0.6 is 22.9 Å². The molecular weight excluding hydrogens is 464 g/mol. The summed E-state index contributed by atoms with van der Waals surface area (Å²) in [6.45, 7) is 3.04. The molecule has 0 radical (unpaired) electrons. The van der Waals surface area contributed by atoms with Crippen molar-refractivity contribution >= 4 is 41.0 Å². The number of aromatic nitrogens is 1. The summed E-state index contributed by atoms with van der Waals surface area (Å²) in [4.78, 5) is 42.4. The van der Waals surface area contributed by atoms with Crippen LogP contribution in [0.25, 0.3) is 6.08 Å². The zero-order valence-corrected chi connectivity index (χ0v) is 19.6. The largest absolute Gasteiger partial charge is 0.466 e. The number of esters is 2. The molecule has 0 bridgehead atoms. The van der Waals surface area contributed by atoms with Gasteiger partial charge >= 0.3 is 11.9 Å². The minimum atomic E-state index is -0.708. The molecule has 2 aromatic carbocycles. The molecule has 33 heavy (non-hydrogen) atoms. The van der Waals surface area contributed by atoms with Crippen LogP contribution in [0.3, 0.4) is 0 Å². The number of halogens is 1. The van der Waals surface area contributed by atoms with Gasteiger partial charge in [0.15, 0.2) is 4.80 Å². The number of hydrogen-bond donors (Lipinski definition) is 0. The monoisotopic (exact) mass is 482 g/mol. The smallest absolute Gasteiger partial charge is 0.338 e. The van der Waals surface area contributed by atoms with Gasteiger partial charge in [0, 0.05) is 11.9 Å². The molecule has 0 saturated carbocycles. The second-order valence-electron chi connectivity index (χ2n) is 7.29. The number of fused-ring (bicyclic) bond motifs is 1. The van der Waals surface area contributed by atoms with E-state index >= 15 is 0 Å². The molecule has 1 aliphatic rings. The molecule has 0 unspecified atom stereocenters. The lowest BCUT2D eigenvalue weighted by molar-refractivity contribution is -0.136. The lowest BCUT2D eigenvalue weighted by atomic mass is 9.96. The van der Waals surface area contributed by atoms with E-state index in [9.17, 15) is 14.4 Å². The first-order chi connectivity index (χ1) is 15.8. The first-order valence-electron chi connectivity index (χ1n) is 9.93. The standard InChI is InChI=1S/C24H19ClN2O5S/c1-13-20(23(30)31-3)21(16-7-9-17(25)10-8-16)27-22(29)19(33-24(27)26-13)12-15-5-4-6-18(11-15)32-14(2)28/h4-12,21H,1-3H3/b19-12-/t21-/m1/s1. The number of nitrogens with zero attached hydrogens (tertiary/aromatic N) is 2. The average Bonchev–Trinajstić information content (AvgIpc) is 3.07. The average molecular weight is 483 g/mol. The van der Waals surface area contributed by atoms with Crippen LogP contribution in [0.5, 0.6) is 5.75 Å². The zero-order valence-electron chi connectivity index (χ0n) is 18.0. The molecule has 2 heterocycles. The SMILES string of the molecule is COC(=O)C1=C(C)N=c2s/c(=C\c3cccc(OC(C)=O)c3)c(=O)n2[C@@H]1c1ccc(Cl)cc1. The normalized spacial score (nSPS) is 15.6. The summed E-state index contributed by atoms with van der Waals surface area (Å²) < 4.78 is 12.0. The van der Waals surface area contributed by atoms with Crippen molar-refractivity contribution in [1.29, 1.82) is 0 Å². The van der Waals surface area contributed by atoms with Gasteiger partial charge < -0.3 is 9.47 Å². The van der Waals surface area contributed by atoms with Crippen molar-refractivity contribution in [2.75, 3.05) is 7.11 Å². The summed E-state index contributed by atoms with van der Waals surface area (Å²) in [6, 6.07) is 13.1. The lowest BCUT2D eigenvalue weighted by Gasteiger charge is -2.24. The first-order valence-corrected chi connectivity index (χ1v) is 11.1. The van der Waals surface area contributed by atoms with E-state index in [1.165, 1.54) is 29.9 Å². The third-order valence-corrected chi connectivity index (χ3v) is 6.27. The summed E-state index contributed by atoms with van der Waals surface area (Å²) in [7, 11) is 1.29. The van der Waals surface area contributed by atoms with Crippen LogP contribution in [0.4, 0.5) is 0 Å². The van der Waals surface area contributed by atoms with Gasteiger partial charge in [-0.3, -0.25) is 14.2 Å². The fourth-order valence-electron chi connectivity index (χ4n) is 3.64. The fraction of sp³-hybridized carbons (Fsp3) is 0.167. The van der Waals surface area contributed by atoms with E-state index in [4.69, 9.17) is 21.1 Å². The van der Waals surface area contributed by atoms with Crippen molar-refractivity contribution in [2.24, 2.45) is 4.99 Å². The Morgan fingerprint density at radius 2 is 1.91 bits per heavy atom. The molecule has 0 aliphatic carbocycles. The van der Waals surface area contributed by atoms with Crippen LogP contribution in [0.15, 0.2) is 69.6 Å². The van der Waals surface area contributed by atoms with E-state index < -0.39 is 18.0 Å². The van der Waals surface area contributed by atoms with Crippen molar-refractivity contribution in [3.63, 3.8) is 0 Å². The first kappa shape index (κ1) is 22.7. The van der Waals surface area contributed by atoms with E-state index in [0.717, 1.165) is 0 Å². The molecular formula is C24H19ClN2O5S. The molecule has 0 fully saturated rings. The highest BCUT2D eigenvalue weighted by Gasteiger charge is 2.33. The molecule has 3 aromatic rings. The highest BCUT2D eigenvalue weighted by molar-refractivity contribution is 7.07. The highest BCUT2D eigenvalue weighted by atomic mass is 35.5. The van der Waals surface area contributed by atoms with E-state index in [-0.39, 0.29) is 11.1 Å². The maximum Gasteiger partial charge on any atom is 0.338 e. The van der Waals surface area contributed by atoms with Gasteiger partial charge in [0.2, 0.25) is 0 Å². The van der Waals surface area contributed by atoms with E-state index in [0.29, 0.717) is 36.9 Å². The van der Waals surface area contributed by atoms with Gasteiger partial charge in [-0.25, -0.2) is 9.79 Å². The second-order valence-corrected chi connectivity index (χ2v) is 8.74. The number of rotatable bonds is 4. The van der Waals surface area contributed by atoms with Gasteiger partial charge in [-0.2, -0.15) is 0 Å². The number of methoxy groups -OCH3 is 1. The predicted molar refractivity (Wildman–Crippen MR) is 125 cm³/mol. The van der Waals surface area contributed by atoms with Gasteiger partial charge in [-0.05, 0) is 48.4 Å². The van der Waals surface area contributed by atoms with Crippen molar-refractivity contribution in [3.05, 3.63) is 95.6 Å². The Hall–Kier alpha value is -3.49. The molecule has 0 amide bonds. The van der Waals surface area contributed by atoms with Crippen molar-refractivity contribution in [3.8, 4) is 5.75 Å². The lowest BCUT2D eigenvalue weighted by Crippen LogP contribution is -2.39. The third kappa shape index (κ3) is 4.53. The molecule has 7 nitrogen and oxygen atoms in total. The van der Waals surface area contributed by atoms with Gasteiger partial charge in [0.05, 0.1) is 29.0 Å². The molecule has 0 N–H and O–H groups in total. The van der Waals surface area contributed by atoms with Crippen LogP contribution < -0.4 is 19.6 Å². The maximum atomic E-state index is 13.5. The van der Waals surface area contributed by atoms with E-state index in [1.54, 1.807) is 61.5 Å². The molecule has 0 saturated heterocycles. The summed E-state index contributed by atoms with van der Waals surface area (Å²) >= 11 is 7.26. The van der Waals surface area contributed by atoms with Gasteiger partial charge in [0.1, 0.15) is 5.75 Å². The molecule has 9 heteroatoms. The number of hydrogen-bond acceptors (Lipinski definition) is 7. The molecule has 1 aliphatic heterocycles. The number of ether oxygens (including phenoxy) is 2. The van der Waals surface area contributed by atoms with Gasteiger partial charge in [-0.15, -0.1) is 0 Å². The minimum absolute atomic E-state index is 0.288. The zero-order chi connectivity index (χ0) is 23.7. The molecule has 0 spiro atoms. The van der Waals surface area contributed by atoms with Crippen LogP contribution in [-0.4, -0.2) is 23.6 Å². The number of thiazole rings is 1.